The zero-order valence-electron chi connectivity index (χ0n) is 14.4. The Balaban J connectivity index is 1.94. The van der Waals surface area contributed by atoms with Gasteiger partial charge < -0.3 is 9.84 Å². The first-order valence-electron chi connectivity index (χ1n) is 7.83. The van der Waals surface area contributed by atoms with Gasteiger partial charge in [0, 0.05) is 17.0 Å². The molecule has 0 saturated carbocycles. The third kappa shape index (κ3) is 5.31. The molecule has 25 heavy (non-hydrogen) atoms. The molecule has 2 aromatic rings. The minimum Gasteiger partial charge on any atom is -0.491 e. The van der Waals surface area contributed by atoms with Crippen molar-refractivity contribution in [1.82, 2.24) is 4.98 Å². The largest absolute Gasteiger partial charge is 0.491 e. The van der Waals surface area contributed by atoms with E-state index in [9.17, 15) is 15.2 Å². The lowest BCUT2D eigenvalue weighted by Crippen LogP contribution is -2.20. The molecule has 0 spiro atoms. The van der Waals surface area contributed by atoms with Gasteiger partial charge in [-0.3, -0.25) is 4.79 Å². The number of ether oxygens (including phenoxy) is 1. The molecule has 0 radical (unpaired) electrons. The van der Waals surface area contributed by atoms with Gasteiger partial charge in [0.15, 0.2) is 5.78 Å². The van der Waals surface area contributed by atoms with Crippen molar-refractivity contribution in [3.8, 4) is 11.8 Å². The number of rotatable bonds is 7. The van der Waals surface area contributed by atoms with Crippen molar-refractivity contribution in [2.24, 2.45) is 0 Å². The summed E-state index contributed by atoms with van der Waals surface area (Å²) in [6, 6.07) is 10.9. The van der Waals surface area contributed by atoms with E-state index in [-0.39, 0.29) is 12.4 Å². The van der Waals surface area contributed by atoms with Crippen molar-refractivity contribution in [3.05, 3.63) is 52.7 Å². The fraction of sp³-hybridized carbons (Fsp3) is 0.316. The van der Waals surface area contributed by atoms with Gasteiger partial charge in [0.25, 0.3) is 0 Å². The number of nitrogens with zero attached hydrogens (tertiary/aromatic N) is 2. The van der Waals surface area contributed by atoms with E-state index in [1.165, 1.54) is 18.7 Å². The maximum absolute atomic E-state index is 11.4. The van der Waals surface area contributed by atoms with Gasteiger partial charge in [0.1, 0.15) is 23.5 Å². The molecule has 0 amide bonds. The van der Waals surface area contributed by atoms with Crippen LogP contribution in [0.3, 0.4) is 0 Å². The zero-order chi connectivity index (χ0) is 18.4. The van der Waals surface area contributed by atoms with Crippen LogP contribution >= 0.6 is 11.8 Å². The van der Waals surface area contributed by atoms with Crippen LogP contribution < -0.4 is 4.74 Å². The van der Waals surface area contributed by atoms with Crippen LogP contribution in [0.25, 0.3) is 0 Å². The number of hydrogen-bond acceptors (Lipinski definition) is 6. The molecular formula is C19H20N2O3S. The number of thioether (sulfide) groups is 1. The van der Waals surface area contributed by atoms with Gasteiger partial charge in [0.05, 0.1) is 11.7 Å². The lowest BCUT2D eigenvalue weighted by Gasteiger charge is -2.13. The minimum absolute atomic E-state index is 0.0357. The second kappa shape index (κ2) is 8.65. The molecule has 1 atom stereocenters. The quantitative estimate of drug-likeness (QED) is 0.605. The van der Waals surface area contributed by atoms with Crippen LogP contribution in [0.15, 0.2) is 35.4 Å². The Hall–Kier alpha value is -2.36. The highest BCUT2D eigenvalue weighted by Crippen LogP contribution is 2.24. The number of aryl methyl sites for hydroxylation is 2. The van der Waals surface area contributed by atoms with Crippen LogP contribution in [0.4, 0.5) is 0 Å². The van der Waals surface area contributed by atoms with E-state index in [2.05, 4.69) is 11.1 Å². The summed E-state index contributed by atoms with van der Waals surface area (Å²) in [4.78, 5) is 15.7. The summed E-state index contributed by atoms with van der Waals surface area (Å²) < 4.78 is 5.55. The minimum atomic E-state index is -0.722. The molecule has 2 rings (SSSR count). The van der Waals surface area contributed by atoms with Gasteiger partial charge in [-0.2, -0.15) is 5.26 Å². The predicted molar refractivity (Wildman–Crippen MR) is 97.1 cm³/mol. The van der Waals surface area contributed by atoms with Gasteiger partial charge in [0.2, 0.25) is 0 Å². The second-order valence-electron chi connectivity index (χ2n) is 5.73. The third-order valence-corrected chi connectivity index (χ3v) is 4.64. The van der Waals surface area contributed by atoms with Crippen LogP contribution in [-0.4, -0.2) is 34.3 Å². The summed E-state index contributed by atoms with van der Waals surface area (Å²) in [6.45, 7) is 5.34. The van der Waals surface area contributed by atoms with E-state index in [0.29, 0.717) is 27.7 Å². The third-order valence-electron chi connectivity index (χ3n) is 3.52. The molecule has 0 aliphatic heterocycles. The summed E-state index contributed by atoms with van der Waals surface area (Å²) in [5.74, 6) is 0.863. The highest BCUT2D eigenvalue weighted by atomic mass is 32.2. The molecule has 0 saturated heterocycles. The molecule has 6 heteroatoms. The van der Waals surface area contributed by atoms with E-state index < -0.39 is 6.10 Å². The maximum atomic E-state index is 11.4. The molecule has 1 unspecified atom stereocenters. The second-order valence-corrected chi connectivity index (χ2v) is 6.74. The average Bonchev–Trinajstić information content (AvgIpc) is 2.58. The summed E-state index contributed by atoms with van der Waals surface area (Å²) in [5.41, 5.74) is 2.83. The molecule has 130 valence electrons. The van der Waals surface area contributed by atoms with Gasteiger partial charge >= 0.3 is 0 Å². The predicted octanol–water partition coefficient (Wildman–Crippen LogP) is 3.30. The summed E-state index contributed by atoms with van der Waals surface area (Å²) in [6.07, 6.45) is -0.722. The summed E-state index contributed by atoms with van der Waals surface area (Å²) in [7, 11) is 0. The van der Waals surface area contributed by atoms with Crippen LogP contribution in [0.5, 0.6) is 5.75 Å². The number of ketones is 1. The van der Waals surface area contributed by atoms with Crippen LogP contribution in [-0.2, 0) is 0 Å². The number of benzene rings is 1. The van der Waals surface area contributed by atoms with Crippen LogP contribution in [0, 0.1) is 25.2 Å². The Morgan fingerprint density at radius 3 is 2.84 bits per heavy atom. The first-order chi connectivity index (χ1) is 11.9. The van der Waals surface area contributed by atoms with Crippen molar-refractivity contribution in [1.29, 1.82) is 5.26 Å². The number of hydrogen-bond donors (Lipinski definition) is 1. The van der Waals surface area contributed by atoms with Gasteiger partial charge in [-0.05, 0) is 44.5 Å². The fourth-order valence-corrected chi connectivity index (χ4v) is 3.27. The Morgan fingerprint density at radius 2 is 2.16 bits per heavy atom. The molecule has 1 N–H and O–H groups in total. The van der Waals surface area contributed by atoms with E-state index in [4.69, 9.17) is 4.74 Å². The SMILES string of the molecule is CC(=O)c1cccc(OCC(O)CSc2nc(C)cc(C)c2C#N)c1. The Kier molecular flexibility index (Phi) is 6.57. The Bertz CT molecular complexity index is 815. The molecule has 0 fully saturated rings. The molecular weight excluding hydrogens is 336 g/mol. The lowest BCUT2D eigenvalue weighted by molar-refractivity contribution is 0.101. The summed E-state index contributed by atoms with van der Waals surface area (Å²) >= 11 is 1.33. The van der Waals surface area contributed by atoms with E-state index >= 15 is 0 Å². The Morgan fingerprint density at radius 1 is 1.40 bits per heavy atom. The number of carbonyl (C=O) groups excluding carboxylic acids is 1. The van der Waals surface area contributed by atoms with E-state index in [0.717, 1.165) is 11.3 Å². The smallest absolute Gasteiger partial charge is 0.159 e. The van der Waals surface area contributed by atoms with Crippen molar-refractivity contribution in [3.63, 3.8) is 0 Å². The van der Waals surface area contributed by atoms with Crippen molar-refractivity contribution >= 4 is 17.5 Å². The standard InChI is InChI=1S/C19H20N2O3S/c1-12-7-13(2)21-19(18(12)9-20)25-11-16(23)10-24-17-6-4-5-15(8-17)14(3)22/h4-8,16,23H,10-11H2,1-3H3. The number of pyridine rings is 1. The maximum Gasteiger partial charge on any atom is 0.159 e. The monoisotopic (exact) mass is 356 g/mol. The molecule has 1 heterocycles. The number of carbonyl (C=O) groups is 1. The van der Waals surface area contributed by atoms with Crippen molar-refractivity contribution in [2.75, 3.05) is 12.4 Å². The molecule has 0 aliphatic rings. The lowest BCUT2D eigenvalue weighted by atomic mass is 10.1. The zero-order valence-corrected chi connectivity index (χ0v) is 15.3. The van der Waals surface area contributed by atoms with Crippen molar-refractivity contribution < 1.29 is 14.6 Å². The van der Waals surface area contributed by atoms with E-state index in [1.807, 2.05) is 19.9 Å². The molecule has 1 aromatic carbocycles. The number of aliphatic hydroxyl groups is 1. The summed E-state index contributed by atoms with van der Waals surface area (Å²) in [5, 5.41) is 20.0. The number of aliphatic hydroxyl groups excluding tert-OH is 1. The number of nitriles is 1. The molecule has 1 aromatic heterocycles. The molecule has 0 aliphatic carbocycles. The first-order valence-corrected chi connectivity index (χ1v) is 8.82. The number of aromatic nitrogens is 1. The van der Waals surface area contributed by atoms with Gasteiger partial charge in [-0.15, -0.1) is 11.8 Å². The topological polar surface area (TPSA) is 83.2 Å². The average molecular weight is 356 g/mol. The first kappa shape index (κ1) is 19.0. The van der Waals surface area contributed by atoms with Crippen LogP contribution in [0.1, 0.15) is 34.1 Å². The van der Waals surface area contributed by atoms with Crippen LogP contribution in [0.2, 0.25) is 0 Å². The Labute approximate surface area is 151 Å². The fourth-order valence-electron chi connectivity index (χ4n) is 2.26. The van der Waals surface area contributed by atoms with Crippen molar-refractivity contribution in [2.45, 2.75) is 31.9 Å². The highest BCUT2D eigenvalue weighted by molar-refractivity contribution is 7.99. The van der Waals surface area contributed by atoms with Gasteiger partial charge in [-0.1, -0.05) is 12.1 Å². The normalized spacial score (nSPS) is 11.6. The number of Topliss-reactive ketones (excluding diaryl/α,β-unsaturated/α-hetero) is 1. The highest BCUT2D eigenvalue weighted by Gasteiger charge is 2.13. The molecule has 5 nitrogen and oxygen atoms in total. The van der Waals surface area contributed by atoms with E-state index in [1.54, 1.807) is 24.3 Å². The van der Waals surface area contributed by atoms with Gasteiger partial charge in [-0.25, -0.2) is 4.98 Å². The molecule has 0 bridgehead atoms.